The Hall–Kier alpha value is -2.44. The molecule has 0 atom stereocenters. The first-order valence-electron chi connectivity index (χ1n) is 5.95. The Morgan fingerprint density at radius 2 is 1.79 bits per heavy atom. The molecule has 94 valence electrons. The number of nitrogens with zero attached hydrogens (tertiary/aromatic N) is 1. The van der Waals surface area contributed by atoms with Crippen LogP contribution in [0, 0.1) is 11.3 Å². The van der Waals surface area contributed by atoms with Crippen LogP contribution in [0.3, 0.4) is 0 Å². The number of carbonyl (C=O) groups excluding carboxylic acids is 1. The van der Waals surface area contributed by atoms with E-state index in [1.807, 2.05) is 6.07 Å². The first-order chi connectivity index (χ1) is 9.24. The smallest absolute Gasteiger partial charge is 0.167 e. The van der Waals surface area contributed by atoms with Crippen LogP contribution in [0.25, 0.3) is 0 Å². The van der Waals surface area contributed by atoms with Gasteiger partial charge in [-0.3, -0.25) is 4.79 Å². The van der Waals surface area contributed by atoms with Crippen LogP contribution in [0.15, 0.2) is 48.5 Å². The van der Waals surface area contributed by atoms with Crippen LogP contribution < -0.4 is 0 Å². The quantitative estimate of drug-likeness (QED) is 0.849. The Morgan fingerprint density at radius 1 is 1.11 bits per heavy atom. The highest BCUT2D eigenvalue weighted by atomic mass is 16.3. The Kier molecular flexibility index (Phi) is 4.07. The van der Waals surface area contributed by atoms with Crippen LogP contribution in [0.2, 0.25) is 0 Å². The monoisotopic (exact) mass is 251 g/mol. The van der Waals surface area contributed by atoms with E-state index in [1.54, 1.807) is 48.5 Å². The van der Waals surface area contributed by atoms with Crippen LogP contribution in [0.4, 0.5) is 0 Å². The summed E-state index contributed by atoms with van der Waals surface area (Å²) >= 11 is 0. The Morgan fingerprint density at radius 3 is 2.42 bits per heavy atom. The third-order valence-electron chi connectivity index (χ3n) is 2.94. The van der Waals surface area contributed by atoms with Gasteiger partial charge in [0.05, 0.1) is 18.2 Å². The number of ketones is 1. The molecule has 1 N–H and O–H groups in total. The van der Waals surface area contributed by atoms with Gasteiger partial charge < -0.3 is 5.11 Å². The van der Waals surface area contributed by atoms with Gasteiger partial charge in [0.15, 0.2) is 5.78 Å². The maximum atomic E-state index is 12.2. The Bertz CT molecular complexity index is 624. The molecule has 19 heavy (non-hydrogen) atoms. The van der Waals surface area contributed by atoms with E-state index in [9.17, 15) is 9.90 Å². The molecule has 3 nitrogen and oxygen atoms in total. The zero-order chi connectivity index (χ0) is 13.7. The van der Waals surface area contributed by atoms with Crippen LogP contribution in [-0.4, -0.2) is 10.9 Å². The Balaban J connectivity index is 2.18. The molecule has 0 amide bonds. The van der Waals surface area contributed by atoms with Crippen molar-refractivity contribution >= 4 is 5.78 Å². The molecule has 2 aromatic rings. The molecular weight excluding hydrogens is 238 g/mol. The molecule has 3 heteroatoms. The maximum absolute atomic E-state index is 12.2. The van der Waals surface area contributed by atoms with Crippen LogP contribution in [0.1, 0.15) is 27.0 Å². The molecule has 0 aromatic heterocycles. The van der Waals surface area contributed by atoms with E-state index < -0.39 is 0 Å². The zero-order valence-corrected chi connectivity index (χ0v) is 10.3. The lowest BCUT2D eigenvalue weighted by molar-refractivity contribution is 0.0990. The van der Waals surface area contributed by atoms with Gasteiger partial charge in [0.1, 0.15) is 0 Å². The summed E-state index contributed by atoms with van der Waals surface area (Å²) in [5.41, 5.74) is 2.62. The van der Waals surface area contributed by atoms with Crippen LogP contribution >= 0.6 is 0 Å². The van der Waals surface area contributed by atoms with E-state index in [-0.39, 0.29) is 18.8 Å². The minimum absolute atomic E-state index is 0.0330. The summed E-state index contributed by atoms with van der Waals surface area (Å²) in [5, 5.41) is 17.9. The number of rotatable bonds is 4. The standard InChI is InChI=1S/C16H13NO2/c17-10-13-7-5-12(6-8-13)9-16(19)15-4-2-1-3-14(15)11-18/h1-8,18H,9,11H2. The largest absolute Gasteiger partial charge is 0.392 e. The normalized spacial score (nSPS) is 9.89. The van der Waals surface area contributed by atoms with E-state index in [0.717, 1.165) is 5.56 Å². The molecule has 0 unspecified atom stereocenters. The topological polar surface area (TPSA) is 61.1 Å². The number of benzene rings is 2. The van der Waals surface area contributed by atoms with Crippen LogP contribution in [-0.2, 0) is 13.0 Å². The molecule has 0 bridgehead atoms. The fourth-order valence-electron chi connectivity index (χ4n) is 1.91. The fraction of sp³-hybridized carbons (Fsp3) is 0.125. The average Bonchev–Trinajstić information content (AvgIpc) is 2.48. The van der Waals surface area contributed by atoms with Gasteiger partial charge in [-0.05, 0) is 23.3 Å². The SMILES string of the molecule is N#Cc1ccc(CC(=O)c2ccccc2CO)cc1. The molecule has 0 aliphatic heterocycles. The number of hydrogen-bond acceptors (Lipinski definition) is 3. The second-order valence-electron chi connectivity index (χ2n) is 4.22. The molecular formula is C16H13NO2. The summed E-state index contributed by atoms with van der Waals surface area (Å²) in [7, 11) is 0. The first-order valence-corrected chi connectivity index (χ1v) is 5.95. The van der Waals surface area contributed by atoms with Crippen molar-refractivity contribution in [1.82, 2.24) is 0 Å². The lowest BCUT2D eigenvalue weighted by atomic mass is 9.98. The second-order valence-corrected chi connectivity index (χ2v) is 4.22. The predicted octanol–water partition coefficient (Wildman–Crippen LogP) is 2.48. The molecule has 0 saturated heterocycles. The van der Waals surface area contributed by atoms with Crippen molar-refractivity contribution in [2.24, 2.45) is 0 Å². The summed E-state index contributed by atoms with van der Waals surface area (Å²) in [6.07, 6.45) is 0.267. The minimum Gasteiger partial charge on any atom is -0.392 e. The molecule has 0 saturated carbocycles. The van der Waals surface area contributed by atoms with Crippen LogP contribution in [0.5, 0.6) is 0 Å². The third-order valence-corrected chi connectivity index (χ3v) is 2.94. The van der Waals surface area contributed by atoms with Crippen molar-refractivity contribution in [3.05, 3.63) is 70.8 Å². The van der Waals surface area contributed by atoms with Crippen molar-refractivity contribution in [1.29, 1.82) is 5.26 Å². The lowest BCUT2D eigenvalue weighted by Gasteiger charge is -2.06. The van der Waals surface area contributed by atoms with Gasteiger partial charge in [0, 0.05) is 12.0 Å². The molecule has 0 heterocycles. The zero-order valence-electron chi connectivity index (χ0n) is 10.3. The highest BCUT2D eigenvalue weighted by Crippen LogP contribution is 2.13. The van der Waals surface area contributed by atoms with Gasteiger partial charge >= 0.3 is 0 Å². The Labute approximate surface area is 111 Å². The highest BCUT2D eigenvalue weighted by molar-refractivity contribution is 5.98. The van der Waals surface area contributed by atoms with Crippen molar-refractivity contribution < 1.29 is 9.90 Å². The second kappa shape index (κ2) is 5.94. The average molecular weight is 251 g/mol. The predicted molar refractivity (Wildman–Crippen MR) is 71.6 cm³/mol. The molecule has 2 rings (SSSR count). The lowest BCUT2D eigenvalue weighted by Crippen LogP contribution is -2.07. The number of carbonyl (C=O) groups is 1. The summed E-state index contributed by atoms with van der Waals surface area (Å²) in [6.45, 7) is -0.144. The first kappa shape index (κ1) is 13.0. The molecule has 0 fully saturated rings. The van der Waals surface area contributed by atoms with Gasteiger partial charge in [0.25, 0.3) is 0 Å². The molecule has 0 aliphatic carbocycles. The van der Waals surface area contributed by atoms with E-state index in [0.29, 0.717) is 16.7 Å². The summed E-state index contributed by atoms with van der Waals surface area (Å²) in [4.78, 5) is 12.2. The molecule has 0 aliphatic rings. The van der Waals surface area contributed by atoms with Crippen molar-refractivity contribution in [2.45, 2.75) is 13.0 Å². The van der Waals surface area contributed by atoms with Gasteiger partial charge in [-0.2, -0.15) is 5.26 Å². The number of Topliss-reactive ketones (excluding diaryl/α,β-unsaturated/α-hetero) is 1. The number of aliphatic hydroxyl groups is 1. The maximum Gasteiger partial charge on any atom is 0.167 e. The highest BCUT2D eigenvalue weighted by Gasteiger charge is 2.10. The van der Waals surface area contributed by atoms with Gasteiger partial charge in [-0.1, -0.05) is 36.4 Å². The summed E-state index contributed by atoms with van der Waals surface area (Å²) in [5.74, 6) is -0.0330. The number of hydrogen-bond donors (Lipinski definition) is 1. The molecule has 0 spiro atoms. The number of nitriles is 1. The van der Waals surface area contributed by atoms with Crippen molar-refractivity contribution in [3.8, 4) is 6.07 Å². The van der Waals surface area contributed by atoms with E-state index >= 15 is 0 Å². The van der Waals surface area contributed by atoms with Gasteiger partial charge in [0.2, 0.25) is 0 Å². The van der Waals surface area contributed by atoms with Gasteiger partial charge in [-0.25, -0.2) is 0 Å². The third kappa shape index (κ3) is 3.06. The summed E-state index contributed by atoms with van der Waals surface area (Å²) < 4.78 is 0. The van der Waals surface area contributed by atoms with Gasteiger partial charge in [-0.15, -0.1) is 0 Å². The van der Waals surface area contributed by atoms with Crippen molar-refractivity contribution in [3.63, 3.8) is 0 Å². The van der Waals surface area contributed by atoms with E-state index in [2.05, 4.69) is 0 Å². The van der Waals surface area contributed by atoms with E-state index in [1.165, 1.54) is 0 Å². The molecule has 0 radical (unpaired) electrons. The molecule has 2 aromatic carbocycles. The minimum atomic E-state index is -0.144. The fourth-order valence-corrected chi connectivity index (χ4v) is 1.91. The van der Waals surface area contributed by atoms with E-state index in [4.69, 9.17) is 5.26 Å². The summed E-state index contributed by atoms with van der Waals surface area (Å²) in [6, 6.07) is 16.0. The van der Waals surface area contributed by atoms with Crippen molar-refractivity contribution in [2.75, 3.05) is 0 Å². The number of aliphatic hydroxyl groups excluding tert-OH is 1.